The maximum absolute atomic E-state index is 5.18. The molecule has 0 unspecified atom stereocenters. The molecule has 2 heteroatoms. The Morgan fingerprint density at radius 1 is 0.588 bits per heavy atom. The molecule has 0 amide bonds. The normalized spacial score (nSPS) is 11.1. The minimum absolute atomic E-state index is 0.910. The summed E-state index contributed by atoms with van der Waals surface area (Å²) in [7, 11) is 0.910. The molecule has 0 atom stereocenters. The Morgan fingerprint density at radius 2 is 0.941 bits per heavy atom. The zero-order valence-electron chi connectivity index (χ0n) is 12.3. The van der Waals surface area contributed by atoms with Crippen molar-refractivity contribution >= 4 is 10.5 Å². The van der Waals surface area contributed by atoms with Crippen LogP contribution in [-0.4, -0.2) is 17.1 Å². The van der Waals surface area contributed by atoms with E-state index in [1.807, 2.05) is 0 Å². The lowest BCUT2D eigenvalue weighted by molar-refractivity contribution is 0.332. The molecule has 0 aromatic rings. The zero-order chi connectivity index (χ0) is 12.6. The Morgan fingerprint density at radius 3 is 1.29 bits per heavy atom. The summed E-state index contributed by atoms with van der Waals surface area (Å²) in [5.74, 6) is 0. The third-order valence-corrected chi connectivity index (χ3v) is 3.86. The molecular weight excluding hydrogens is 224 g/mol. The van der Waals surface area contributed by atoms with Crippen LogP contribution in [0.15, 0.2) is 0 Å². The second kappa shape index (κ2) is 16.2. The molecule has 0 rings (SSSR count). The number of hydrogen-bond donors (Lipinski definition) is 0. The van der Waals surface area contributed by atoms with E-state index < -0.39 is 0 Å². The topological polar surface area (TPSA) is 9.23 Å². The van der Waals surface area contributed by atoms with Crippen LogP contribution in [0.25, 0.3) is 0 Å². The monoisotopic (exact) mass is 258 g/mol. The van der Waals surface area contributed by atoms with E-state index >= 15 is 0 Å². The van der Waals surface area contributed by atoms with Gasteiger partial charge in [0, 0.05) is 6.61 Å². The summed E-state index contributed by atoms with van der Waals surface area (Å²) in [5, 5.41) is 0. The molecule has 0 N–H and O–H groups in total. The van der Waals surface area contributed by atoms with E-state index in [1.54, 1.807) is 0 Å². The number of hydrogen-bond acceptors (Lipinski definition) is 1. The highest BCUT2D eigenvalue weighted by Crippen LogP contribution is 2.12. The molecule has 0 saturated carbocycles. The molecule has 0 aliphatic carbocycles. The van der Waals surface area contributed by atoms with Crippen LogP contribution in [0.4, 0.5) is 0 Å². The van der Waals surface area contributed by atoms with Gasteiger partial charge in [0.15, 0.2) is 0 Å². The van der Waals surface area contributed by atoms with E-state index in [4.69, 9.17) is 4.43 Å². The maximum Gasteiger partial charge on any atom is 0.145 e. The van der Waals surface area contributed by atoms with Crippen LogP contribution in [0, 0.1) is 0 Å². The van der Waals surface area contributed by atoms with E-state index in [-0.39, 0.29) is 0 Å². The van der Waals surface area contributed by atoms with Gasteiger partial charge in [-0.05, 0) is 6.42 Å². The van der Waals surface area contributed by atoms with E-state index in [2.05, 4.69) is 6.92 Å². The summed E-state index contributed by atoms with van der Waals surface area (Å²) in [6.45, 7) is 3.29. The van der Waals surface area contributed by atoms with Crippen LogP contribution in [-0.2, 0) is 4.43 Å². The van der Waals surface area contributed by atoms with Crippen LogP contribution >= 0.6 is 0 Å². The standard InChI is InChI=1S/C15H34OSi/c1-2-3-4-5-6-7-8-9-10-11-12-13-14-15-16-17/h2-15H2,1,17H3. The van der Waals surface area contributed by atoms with Crippen molar-refractivity contribution in [3.63, 3.8) is 0 Å². The van der Waals surface area contributed by atoms with E-state index in [0.29, 0.717) is 0 Å². The van der Waals surface area contributed by atoms with Gasteiger partial charge in [-0.1, -0.05) is 84.0 Å². The second-order valence-electron chi connectivity index (χ2n) is 5.24. The van der Waals surface area contributed by atoms with Crippen molar-refractivity contribution in [1.82, 2.24) is 0 Å². The molecule has 0 bridgehead atoms. The highest BCUT2D eigenvalue weighted by Gasteiger charge is 1.93. The smallest absolute Gasteiger partial charge is 0.145 e. The third-order valence-electron chi connectivity index (χ3n) is 3.45. The molecule has 0 aromatic carbocycles. The highest BCUT2D eigenvalue weighted by molar-refractivity contribution is 5.97. The minimum atomic E-state index is 0.910. The number of rotatable bonds is 14. The van der Waals surface area contributed by atoms with Gasteiger partial charge in [-0.2, -0.15) is 0 Å². The lowest BCUT2D eigenvalue weighted by atomic mass is 10.0. The molecule has 0 fully saturated rings. The summed E-state index contributed by atoms with van der Waals surface area (Å²) in [6, 6.07) is 0. The lowest BCUT2D eigenvalue weighted by Crippen LogP contribution is -1.89. The molecule has 0 heterocycles. The van der Waals surface area contributed by atoms with E-state index in [9.17, 15) is 0 Å². The number of unbranched alkanes of at least 4 members (excludes halogenated alkanes) is 12. The molecule has 1 nitrogen and oxygen atoms in total. The van der Waals surface area contributed by atoms with Gasteiger partial charge in [0.05, 0.1) is 0 Å². The molecule has 17 heavy (non-hydrogen) atoms. The van der Waals surface area contributed by atoms with Gasteiger partial charge in [-0.25, -0.2) is 0 Å². The molecular formula is C15H34OSi. The predicted octanol–water partition coefficient (Wildman–Crippen LogP) is 4.37. The first-order valence-corrected chi connectivity index (χ1v) is 8.72. The molecule has 0 aliphatic heterocycles. The quantitative estimate of drug-likeness (QED) is 0.332. The Labute approximate surface area is 112 Å². The van der Waals surface area contributed by atoms with Crippen molar-refractivity contribution < 1.29 is 4.43 Å². The fraction of sp³-hybridized carbons (Fsp3) is 1.00. The average Bonchev–Trinajstić information content (AvgIpc) is 2.35. The first kappa shape index (κ1) is 17.2. The summed E-state index contributed by atoms with van der Waals surface area (Å²) < 4.78 is 5.18. The predicted molar refractivity (Wildman–Crippen MR) is 81.6 cm³/mol. The average molecular weight is 259 g/mol. The van der Waals surface area contributed by atoms with Crippen molar-refractivity contribution in [2.45, 2.75) is 90.4 Å². The Hall–Kier alpha value is 0.177. The summed E-state index contributed by atoms with van der Waals surface area (Å²) in [6.07, 6.45) is 18.6. The van der Waals surface area contributed by atoms with Gasteiger partial charge < -0.3 is 4.43 Å². The summed E-state index contributed by atoms with van der Waals surface area (Å²) in [5.41, 5.74) is 0. The molecule has 0 spiro atoms. The maximum atomic E-state index is 5.18. The Kier molecular flexibility index (Phi) is 16.3. The van der Waals surface area contributed by atoms with Crippen molar-refractivity contribution in [2.24, 2.45) is 0 Å². The van der Waals surface area contributed by atoms with Crippen molar-refractivity contribution in [3.8, 4) is 0 Å². The van der Waals surface area contributed by atoms with Crippen molar-refractivity contribution in [2.75, 3.05) is 6.61 Å². The van der Waals surface area contributed by atoms with E-state index in [1.165, 1.54) is 83.5 Å². The van der Waals surface area contributed by atoms with Gasteiger partial charge in [0.1, 0.15) is 10.5 Å². The van der Waals surface area contributed by atoms with Gasteiger partial charge in [-0.3, -0.25) is 0 Å². The highest BCUT2D eigenvalue weighted by atomic mass is 28.2. The molecule has 0 radical (unpaired) electrons. The zero-order valence-corrected chi connectivity index (χ0v) is 14.3. The van der Waals surface area contributed by atoms with E-state index in [0.717, 1.165) is 17.1 Å². The van der Waals surface area contributed by atoms with Crippen molar-refractivity contribution in [3.05, 3.63) is 0 Å². The first-order chi connectivity index (χ1) is 8.41. The molecule has 0 aromatic heterocycles. The van der Waals surface area contributed by atoms with Crippen molar-refractivity contribution in [1.29, 1.82) is 0 Å². The molecule has 104 valence electrons. The van der Waals surface area contributed by atoms with Gasteiger partial charge in [0.25, 0.3) is 0 Å². The van der Waals surface area contributed by atoms with Gasteiger partial charge in [-0.15, -0.1) is 0 Å². The Bertz CT molecular complexity index is 114. The van der Waals surface area contributed by atoms with Crippen LogP contribution in [0.2, 0.25) is 0 Å². The SMILES string of the molecule is CCCCCCCCCCCCCCCO[SiH3]. The lowest BCUT2D eigenvalue weighted by Gasteiger charge is -2.02. The van der Waals surface area contributed by atoms with Crippen LogP contribution < -0.4 is 0 Å². The fourth-order valence-corrected chi connectivity index (χ4v) is 2.55. The summed E-state index contributed by atoms with van der Waals surface area (Å²) in [4.78, 5) is 0. The van der Waals surface area contributed by atoms with Crippen LogP contribution in [0.5, 0.6) is 0 Å². The van der Waals surface area contributed by atoms with Crippen LogP contribution in [0.3, 0.4) is 0 Å². The molecule has 0 aliphatic rings. The third kappa shape index (κ3) is 16.2. The van der Waals surface area contributed by atoms with Gasteiger partial charge in [0.2, 0.25) is 0 Å². The minimum Gasteiger partial charge on any atom is -0.428 e. The first-order valence-electron chi connectivity index (χ1n) is 7.90. The fourth-order valence-electron chi connectivity index (χ4n) is 2.26. The van der Waals surface area contributed by atoms with Gasteiger partial charge >= 0.3 is 0 Å². The molecule has 0 saturated heterocycles. The van der Waals surface area contributed by atoms with Crippen LogP contribution in [0.1, 0.15) is 90.4 Å². The Balaban J connectivity index is 2.85. The second-order valence-corrected chi connectivity index (χ2v) is 5.81. The summed E-state index contributed by atoms with van der Waals surface area (Å²) >= 11 is 0. The largest absolute Gasteiger partial charge is 0.428 e.